The number of amides is 2. The number of carbonyl (C=O) groups excluding carboxylic acids is 2. The lowest BCUT2D eigenvalue weighted by molar-refractivity contribution is -0.142. The maximum atomic E-state index is 12.5. The summed E-state index contributed by atoms with van der Waals surface area (Å²) in [5.41, 5.74) is 3.99. The Kier molecular flexibility index (Phi) is 6.64. The second kappa shape index (κ2) is 9.02. The third-order valence-electron chi connectivity index (χ3n) is 5.70. The summed E-state index contributed by atoms with van der Waals surface area (Å²) < 4.78 is 1.94. The van der Waals surface area contributed by atoms with Crippen molar-refractivity contribution < 1.29 is 9.59 Å². The van der Waals surface area contributed by atoms with E-state index in [4.69, 9.17) is 0 Å². The minimum atomic E-state index is -0.362. The number of aryl methyl sites for hydroxylation is 2. The first-order chi connectivity index (χ1) is 14.1. The molecule has 0 unspecified atom stereocenters. The highest BCUT2D eigenvalue weighted by atomic mass is 16.2. The van der Waals surface area contributed by atoms with Crippen LogP contribution in [0.5, 0.6) is 0 Å². The third-order valence-corrected chi connectivity index (χ3v) is 5.70. The van der Waals surface area contributed by atoms with E-state index in [-0.39, 0.29) is 23.1 Å². The minimum Gasteiger partial charge on any atom is -0.356 e. The number of nitrogens with one attached hydrogen (secondary N) is 1. The van der Waals surface area contributed by atoms with Crippen LogP contribution in [0, 0.1) is 25.2 Å². The molecule has 1 aliphatic rings. The maximum absolute atomic E-state index is 12.5. The standard InChI is InChI=1S/C24H34N4O2/c1-17-16-18(2)28(26-17)21-8-6-19(7-9-21)10-13-25-22(29)20-11-14-27(15-12-20)23(30)24(3,4)5/h6-9,16,20H,10-15H2,1-5H3,(H,25,29). The molecule has 0 atom stereocenters. The molecule has 1 aromatic heterocycles. The zero-order chi connectivity index (χ0) is 21.9. The molecule has 1 N–H and O–H groups in total. The van der Waals surface area contributed by atoms with Crippen molar-refractivity contribution >= 4 is 11.8 Å². The van der Waals surface area contributed by atoms with Gasteiger partial charge in [-0.25, -0.2) is 4.68 Å². The van der Waals surface area contributed by atoms with Crippen molar-refractivity contribution in [2.45, 2.75) is 53.9 Å². The second-order valence-corrected chi connectivity index (χ2v) is 9.36. The van der Waals surface area contributed by atoms with E-state index >= 15 is 0 Å². The molecule has 6 nitrogen and oxygen atoms in total. The zero-order valence-electron chi connectivity index (χ0n) is 18.9. The largest absolute Gasteiger partial charge is 0.356 e. The molecule has 1 aromatic carbocycles. The Morgan fingerprint density at radius 1 is 1.10 bits per heavy atom. The summed E-state index contributed by atoms with van der Waals surface area (Å²) in [6.07, 6.45) is 2.28. The van der Waals surface area contributed by atoms with Crippen LogP contribution in [0.25, 0.3) is 5.69 Å². The minimum absolute atomic E-state index is 0.00224. The second-order valence-electron chi connectivity index (χ2n) is 9.36. The number of likely N-dealkylation sites (tertiary alicyclic amines) is 1. The number of carbonyl (C=O) groups is 2. The summed E-state index contributed by atoms with van der Waals surface area (Å²) >= 11 is 0. The van der Waals surface area contributed by atoms with Gasteiger partial charge in [0.2, 0.25) is 11.8 Å². The van der Waals surface area contributed by atoms with E-state index in [1.807, 2.05) is 44.2 Å². The summed E-state index contributed by atoms with van der Waals surface area (Å²) in [6.45, 7) is 11.8. The van der Waals surface area contributed by atoms with Crippen LogP contribution in [0.4, 0.5) is 0 Å². The predicted molar refractivity (Wildman–Crippen MR) is 119 cm³/mol. The molecule has 0 saturated carbocycles. The SMILES string of the molecule is Cc1cc(C)n(-c2ccc(CCNC(=O)C3CCN(C(=O)C(C)(C)C)CC3)cc2)n1. The number of piperidine rings is 1. The first kappa shape index (κ1) is 22.1. The van der Waals surface area contributed by atoms with Gasteiger partial charge in [-0.1, -0.05) is 32.9 Å². The Balaban J connectivity index is 1.44. The highest BCUT2D eigenvalue weighted by Crippen LogP contribution is 2.23. The van der Waals surface area contributed by atoms with Gasteiger partial charge in [0, 0.05) is 36.7 Å². The lowest BCUT2D eigenvalue weighted by atomic mass is 9.90. The molecule has 0 bridgehead atoms. The molecule has 162 valence electrons. The fourth-order valence-corrected chi connectivity index (χ4v) is 3.99. The Morgan fingerprint density at radius 3 is 2.27 bits per heavy atom. The number of nitrogens with zero attached hydrogens (tertiary/aromatic N) is 3. The molecule has 1 aliphatic heterocycles. The maximum Gasteiger partial charge on any atom is 0.227 e. The zero-order valence-corrected chi connectivity index (χ0v) is 18.9. The lowest BCUT2D eigenvalue weighted by Gasteiger charge is -2.35. The van der Waals surface area contributed by atoms with Gasteiger partial charge in [-0.05, 0) is 56.9 Å². The highest BCUT2D eigenvalue weighted by molar-refractivity contribution is 5.82. The van der Waals surface area contributed by atoms with E-state index in [1.165, 1.54) is 5.56 Å². The van der Waals surface area contributed by atoms with Gasteiger partial charge in [0.05, 0.1) is 11.4 Å². The average molecular weight is 411 g/mol. The van der Waals surface area contributed by atoms with Gasteiger partial charge in [-0.2, -0.15) is 5.10 Å². The normalized spacial score (nSPS) is 15.3. The van der Waals surface area contributed by atoms with Gasteiger partial charge in [0.1, 0.15) is 0 Å². The summed E-state index contributed by atoms with van der Waals surface area (Å²) in [5, 5.41) is 7.59. The van der Waals surface area contributed by atoms with E-state index < -0.39 is 0 Å². The number of aromatic nitrogens is 2. The van der Waals surface area contributed by atoms with Gasteiger partial charge in [0.15, 0.2) is 0 Å². The first-order valence-electron chi connectivity index (χ1n) is 10.8. The molecule has 3 rings (SSSR count). The van der Waals surface area contributed by atoms with Gasteiger partial charge >= 0.3 is 0 Å². The van der Waals surface area contributed by atoms with Crippen LogP contribution in [0.1, 0.15) is 50.6 Å². The molecular formula is C24H34N4O2. The first-order valence-corrected chi connectivity index (χ1v) is 10.8. The monoisotopic (exact) mass is 410 g/mol. The van der Waals surface area contributed by atoms with Gasteiger partial charge in [-0.3, -0.25) is 9.59 Å². The Morgan fingerprint density at radius 2 is 1.73 bits per heavy atom. The van der Waals surface area contributed by atoms with Crippen molar-refractivity contribution in [3.05, 3.63) is 47.3 Å². The summed E-state index contributed by atoms with van der Waals surface area (Å²) in [6, 6.07) is 10.4. The number of hydrogen-bond donors (Lipinski definition) is 1. The molecule has 2 amide bonds. The molecule has 2 aromatic rings. The van der Waals surface area contributed by atoms with Crippen molar-refractivity contribution in [1.82, 2.24) is 20.0 Å². The summed E-state index contributed by atoms with van der Waals surface area (Å²) in [4.78, 5) is 26.8. The van der Waals surface area contributed by atoms with Gasteiger partial charge in [-0.15, -0.1) is 0 Å². The highest BCUT2D eigenvalue weighted by Gasteiger charge is 2.32. The van der Waals surface area contributed by atoms with Crippen LogP contribution in [-0.4, -0.2) is 46.1 Å². The van der Waals surface area contributed by atoms with Crippen LogP contribution < -0.4 is 5.32 Å². The van der Waals surface area contributed by atoms with Crippen LogP contribution in [0.2, 0.25) is 0 Å². The van der Waals surface area contributed by atoms with Crippen molar-refractivity contribution in [3.8, 4) is 5.69 Å². The Labute approximate surface area is 179 Å². The van der Waals surface area contributed by atoms with E-state index in [0.717, 1.165) is 36.3 Å². The van der Waals surface area contributed by atoms with Gasteiger partial charge in [0.25, 0.3) is 0 Å². The molecule has 6 heteroatoms. The number of hydrogen-bond acceptors (Lipinski definition) is 3. The van der Waals surface area contributed by atoms with Gasteiger partial charge < -0.3 is 10.2 Å². The Bertz CT molecular complexity index is 885. The topological polar surface area (TPSA) is 67.2 Å². The van der Waals surface area contributed by atoms with Crippen molar-refractivity contribution in [2.24, 2.45) is 11.3 Å². The summed E-state index contributed by atoms with van der Waals surface area (Å²) in [7, 11) is 0. The lowest BCUT2D eigenvalue weighted by Crippen LogP contribution is -2.46. The molecule has 1 saturated heterocycles. The van der Waals surface area contributed by atoms with Crippen LogP contribution in [0.3, 0.4) is 0 Å². The summed E-state index contributed by atoms with van der Waals surface area (Å²) in [5.74, 6) is 0.282. The quantitative estimate of drug-likeness (QED) is 0.821. The fraction of sp³-hybridized carbons (Fsp3) is 0.542. The molecule has 0 aliphatic carbocycles. The molecule has 0 spiro atoms. The van der Waals surface area contributed by atoms with Crippen molar-refractivity contribution in [2.75, 3.05) is 19.6 Å². The molecule has 2 heterocycles. The van der Waals surface area contributed by atoms with E-state index in [2.05, 4.69) is 40.7 Å². The van der Waals surface area contributed by atoms with Crippen molar-refractivity contribution in [1.29, 1.82) is 0 Å². The number of benzene rings is 1. The Hall–Kier alpha value is -2.63. The van der Waals surface area contributed by atoms with E-state index in [0.29, 0.717) is 19.6 Å². The van der Waals surface area contributed by atoms with E-state index in [9.17, 15) is 9.59 Å². The van der Waals surface area contributed by atoms with Crippen molar-refractivity contribution in [3.63, 3.8) is 0 Å². The third kappa shape index (κ3) is 5.29. The molecule has 1 fully saturated rings. The average Bonchev–Trinajstić information content (AvgIpc) is 3.05. The number of rotatable bonds is 5. The van der Waals surface area contributed by atoms with E-state index in [1.54, 1.807) is 0 Å². The van der Waals surface area contributed by atoms with Crippen LogP contribution in [0.15, 0.2) is 30.3 Å². The predicted octanol–water partition coefficient (Wildman–Crippen LogP) is 3.43. The molecule has 30 heavy (non-hydrogen) atoms. The molecular weight excluding hydrogens is 376 g/mol. The fourth-order valence-electron chi connectivity index (χ4n) is 3.99. The van der Waals surface area contributed by atoms with Crippen LogP contribution in [-0.2, 0) is 16.0 Å². The molecule has 0 radical (unpaired) electrons. The van der Waals surface area contributed by atoms with Crippen LogP contribution >= 0.6 is 0 Å². The smallest absolute Gasteiger partial charge is 0.227 e.